The Balaban J connectivity index is 2.10. The summed E-state index contributed by atoms with van der Waals surface area (Å²) in [6.07, 6.45) is 2.39. The number of carbonyl (C=O) groups excluding carboxylic acids is 5. The number of hydrogen-bond donors (Lipinski definition) is 5. The normalized spacial score (nSPS) is 22.8. The molecule has 2 heterocycles. The number of hydrogen-bond acceptors (Lipinski definition) is 7. The Kier molecular flexibility index (Phi) is 12.6. The van der Waals surface area contributed by atoms with E-state index in [0.29, 0.717) is 45.2 Å². The van der Waals surface area contributed by atoms with Gasteiger partial charge in [0.1, 0.15) is 18.1 Å². The minimum absolute atomic E-state index is 0.0205. The van der Waals surface area contributed by atoms with E-state index >= 15 is 0 Å². The van der Waals surface area contributed by atoms with Crippen LogP contribution in [0, 0.1) is 11.8 Å². The molecule has 0 radical (unpaired) electrons. The molecule has 0 aromatic rings. The molecule has 2 saturated heterocycles. The van der Waals surface area contributed by atoms with Crippen LogP contribution in [-0.4, -0.2) is 99.9 Å². The van der Waals surface area contributed by atoms with Crippen LogP contribution in [0.1, 0.15) is 87.0 Å². The minimum atomic E-state index is -1.12. The van der Waals surface area contributed by atoms with Gasteiger partial charge in [-0.25, -0.2) is 0 Å². The first kappa shape index (κ1) is 34.5. The SMILES string of the molecule is CC[C@@](C)(NC[C@H](O)[C@@H](CC(C)C)NC(=O)[C@H]1CCCN1C(C)=O)C(=O)N[C@H](C(=O)N1CCC[C@@H]1C(N)=O)C(C)C. The first-order valence-corrected chi connectivity index (χ1v) is 15.0. The first-order chi connectivity index (χ1) is 19.1. The monoisotopic (exact) mass is 580 g/mol. The Labute approximate surface area is 244 Å². The number of amides is 5. The van der Waals surface area contributed by atoms with Crippen LogP contribution in [0.15, 0.2) is 0 Å². The van der Waals surface area contributed by atoms with Gasteiger partial charge in [-0.1, -0.05) is 34.6 Å². The molecule has 234 valence electrons. The van der Waals surface area contributed by atoms with E-state index in [0.717, 1.165) is 6.42 Å². The number of nitrogens with one attached hydrogen (secondary N) is 3. The number of nitrogens with two attached hydrogens (primary N) is 1. The molecule has 0 aliphatic carbocycles. The largest absolute Gasteiger partial charge is 0.390 e. The number of aliphatic hydroxyl groups excluding tert-OH is 1. The van der Waals surface area contributed by atoms with Crippen molar-refractivity contribution in [3.63, 3.8) is 0 Å². The molecule has 0 aromatic carbocycles. The van der Waals surface area contributed by atoms with E-state index in [4.69, 9.17) is 5.73 Å². The molecule has 2 fully saturated rings. The average molecular weight is 581 g/mol. The fraction of sp³-hybridized carbons (Fsp3) is 0.828. The number of carbonyl (C=O) groups is 5. The van der Waals surface area contributed by atoms with Gasteiger partial charge in [-0.15, -0.1) is 0 Å². The van der Waals surface area contributed by atoms with Crippen LogP contribution < -0.4 is 21.7 Å². The third-order valence-corrected chi connectivity index (χ3v) is 8.47. The maximum atomic E-state index is 13.5. The molecule has 6 N–H and O–H groups in total. The van der Waals surface area contributed by atoms with E-state index in [2.05, 4.69) is 16.0 Å². The van der Waals surface area contributed by atoms with Gasteiger partial charge < -0.3 is 36.6 Å². The lowest BCUT2D eigenvalue weighted by molar-refractivity contribution is -0.142. The molecule has 2 aliphatic rings. The molecule has 12 heteroatoms. The van der Waals surface area contributed by atoms with Crippen LogP contribution in [0.4, 0.5) is 0 Å². The summed E-state index contributed by atoms with van der Waals surface area (Å²) in [6.45, 7) is 13.6. The van der Waals surface area contributed by atoms with Crippen molar-refractivity contribution in [2.24, 2.45) is 17.6 Å². The second-order valence-electron chi connectivity index (χ2n) is 12.5. The van der Waals surface area contributed by atoms with Gasteiger partial charge in [0.15, 0.2) is 0 Å². The molecule has 0 saturated carbocycles. The third kappa shape index (κ3) is 8.88. The highest BCUT2D eigenvalue weighted by Crippen LogP contribution is 2.22. The predicted molar refractivity (Wildman–Crippen MR) is 155 cm³/mol. The van der Waals surface area contributed by atoms with E-state index in [1.807, 2.05) is 34.6 Å². The highest BCUT2D eigenvalue weighted by Gasteiger charge is 2.41. The number of aliphatic hydroxyl groups is 1. The van der Waals surface area contributed by atoms with Crippen molar-refractivity contribution < 1.29 is 29.1 Å². The zero-order chi connectivity index (χ0) is 31.1. The summed E-state index contributed by atoms with van der Waals surface area (Å²) < 4.78 is 0. The summed E-state index contributed by atoms with van der Waals surface area (Å²) in [7, 11) is 0. The molecular weight excluding hydrogens is 528 g/mol. The second-order valence-corrected chi connectivity index (χ2v) is 12.5. The van der Waals surface area contributed by atoms with E-state index in [1.54, 1.807) is 11.8 Å². The third-order valence-electron chi connectivity index (χ3n) is 8.47. The quantitative estimate of drug-likeness (QED) is 0.196. The van der Waals surface area contributed by atoms with E-state index in [1.165, 1.54) is 11.8 Å². The fourth-order valence-corrected chi connectivity index (χ4v) is 5.67. The number of nitrogens with zero attached hydrogens (tertiary/aromatic N) is 2. The smallest absolute Gasteiger partial charge is 0.246 e. The van der Waals surface area contributed by atoms with Crippen molar-refractivity contribution in [3.8, 4) is 0 Å². The number of likely N-dealkylation sites (tertiary alicyclic amines) is 2. The van der Waals surface area contributed by atoms with Gasteiger partial charge in [0.05, 0.1) is 17.7 Å². The number of primary amides is 1. The summed E-state index contributed by atoms with van der Waals surface area (Å²) in [4.78, 5) is 66.8. The maximum Gasteiger partial charge on any atom is 0.246 e. The van der Waals surface area contributed by atoms with Crippen molar-refractivity contribution in [1.29, 1.82) is 0 Å². The Bertz CT molecular complexity index is 958. The van der Waals surface area contributed by atoms with Crippen LogP contribution in [0.2, 0.25) is 0 Å². The van der Waals surface area contributed by atoms with Crippen LogP contribution in [0.3, 0.4) is 0 Å². The first-order valence-electron chi connectivity index (χ1n) is 15.0. The van der Waals surface area contributed by atoms with E-state index < -0.39 is 47.6 Å². The van der Waals surface area contributed by atoms with Crippen LogP contribution in [0.25, 0.3) is 0 Å². The lowest BCUT2D eigenvalue weighted by atomic mass is 9.93. The number of rotatable bonds is 14. The van der Waals surface area contributed by atoms with Gasteiger partial charge >= 0.3 is 0 Å². The highest BCUT2D eigenvalue weighted by molar-refractivity contribution is 5.94. The van der Waals surface area contributed by atoms with Crippen LogP contribution in [0.5, 0.6) is 0 Å². The van der Waals surface area contributed by atoms with Gasteiger partial charge in [0.25, 0.3) is 0 Å². The van der Waals surface area contributed by atoms with Crippen LogP contribution >= 0.6 is 0 Å². The average Bonchev–Trinajstić information content (AvgIpc) is 3.59. The summed E-state index contributed by atoms with van der Waals surface area (Å²) in [5, 5.41) is 20.2. The molecule has 0 bridgehead atoms. The minimum Gasteiger partial charge on any atom is -0.390 e. The lowest BCUT2D eigenvalue weighted by Gasteiger charge is -2.35. The fourth-order valence-electron chi connectivity index (χ4n) is 5.67. The highest BCUT2D eigenvalue weighted by atomic mass is 16.3. The zero-order valence-corrected chi connectivity index (χ0v) is 25.9. The van der Waals surface area contributed by atoms with Gasteiger partial charge in [0.2, 0.25) is 29.5 Å². The van der Waals surface area contributed by atoms with Crippen molar-refractivity contribution in [1.82, 2.24) is 25.8 Å². The lowest BCUT2D eigenvalue weighted by Crippen LogP contribution is -2.63. The van der Waals surface area contributed by atoms with Gasteiger partial charge in [-0.2, -0.15) is 0 Å². The van der Waals surface area contributed by atoms with E-state index in [9.17, 15) is 29.1 Å². The molecule has 0 aromatic heterocycles. The summed E-state index contributed by atoms with van der Waals surface area (Å²) in [6, 6.07) is -2.65. The Morgan fingerprint density at radius 1 is 0.976 bits per heavy atom. The molecule has 12 nitrogen and oxygen atoms in total. The van der Waals surface area contributed by atoms with Crippen molar-refractivity contribution in [2.75, 3.05) is 19.6 Å². The Morgan fingerprint density at radius 3 is 2.07 bits per heavy atom. The summed E-state index contributed by atoms with van der Waals surface area (Å²) in [5.41, 5.74) is 4.39. The zero-order valence-electron chi connectivity index (χ0n) is 25.9. The van der Waals surface area contributed by atoms with Crippen molar-refractivity contribution >= 4 is 29.5 Å². The topological polar surface area (TPSA) is 174 Å². The van der Waals surface area contributed by atoms with Crippen molar-refractivity contribution in [2.45, 2.75) is 123 Å². The molecule has 0 spiro atoms. The molecule has 6 atom stereocenters. The van der Waals surface area contributed by atoms with Crippen LogP contribution in [-0.2, 0) is 24.0 Å². The second kappa shape index (κ2) is 14.9. The molecule has 41 heavy (non-hydrogen) atoms. The van der Waals surface area contributed by atoms with Crippen molar-refractivity contribution in [3.05, 3.63) is 0 Å². The molecular formula is C29H52N6O6. The van der Waals surface area contributed by atoms with E-state index in [-0.39, 0.29) is 36.1 Å². The van der Waals surface area contributed by atoms with Gasteiger partial charge in [-0.3, -0.25) is 24.0 Å². The number of β-amino-alcohol motifs (C(OH)–C–C–N with tert-alkyl or cyclic N) is 1. The Hall–Kier alpha value is -2.73. The van der Waals surface area contributed by atoms with Gasteiger partial charge in [-0.05, 0) is 57.3 Å². The van der Waals surface area contributed by atoms with Gasteiger partial charge in [0, 0.05) is 26.6 Å². The molecule has 2 aliphatic heterocycles. The summed E-state index contributed by atoms with van der Waals surface area (Å²) in [5.74, 6) is -1.78. The predicted octanol–water partition coefficient (Wildman–Crippen LogP) is 0.265. The molecule has 0 unspecified atom stereocenters. The maximum absolute atomic E-state index is 13.5. The summed E-state index contributed by atoms with van der Waals surface area (Å²) >= 11 is 0. The Morgan fingerprint density at radius 2 is 1.56 bits per heavy atom. The standard InChI is InChI=1S/C29H52N6O6/c1-8-29(7,28(41)33-24(18(4)5)27(40)35-14-9-11-21(35)25(30)38)31-16-23(37)20(15-17(2)3)32-26(39)22-12-10-13-34(22)19(6)36/h17-18,20-24,31,37H,8-16H2,1-7H3,(H2,30,38)(H,32,39)(H,33,41)/t20-,21-,22-,23+,24+,29-/m1/s1. The molecule has 5 amide bonds. The molecule has 2 rings (SSSR count).